The Morgan fingerprint density at radius 3 is 2.76 bits per heavy atom. The standard InChI is InChI=1S/C14H12N2O/c15-14(17)11-6-3-7-12-13(11)10-5-2-1-4-9(10)8-16-12/h1-7,16H,8H2,(H2,15,17). The number of fused-ring (bicyclic) bond motifs is 3. The third-order valence-corrected chi connectivity index (χ3v) is 3.09. The SMILES string of the molecule is NC(=O)c1cccc2c1-c1ccccc1CN2. The van der Waals surface area contributed by atoms with Gasteiger partial charge >= 0.3 is 0 Å². The Labute approximate surface area is 99.3 Å². The number of nitrogens with two attached hydrogens (primary N) is 1. The second-order valence-corrected chi connectivity index (χ2v) is 4.10. The molecule has 1 amide bonds. The van der Waals surface area contributed by atoms with Crippen LogP contribution in [0.3, 0.4) is 0 Å². The van der Waals surface area contributed by atoms with Gasteiger partial charge in [0.05, 0.1) is 0 Å². The molecule has 3 N–H and O–H groups in total. The maximum atomic E-state index is 11.5. The lowest BCUT2D eigenvalue weighted by molar-refractivity contribution is 0.100. The number of amides is 1. The van der Waals surface area contributed by atoms with Crippen molar-refractivity contribution in [3.8, 4) is 11.1 Å². The van der Waals surface area contributed by atoms with Gasteiger partial charge in [0.1, 0.15) is 0 Å². The minimum Gasteiger partial charge on any atom is -0.380 e. The quantitative estimate of drug-likeness (QED) is 0.781. The molecule has 84 valence electrons. The fraction of sp³-hybridized carbons (Fsp3) is 0.0714. The molecule has 1 heterocycles. The monoisotopic (exact) mass is 224 g/mol. The summed E-state index contributed by atoms with van der Waals surface area (Å²) in [6.07, 6.45) is 0. The van der Waals surface area contributed by atoms with Gasteiger partial charge in [-0.1, -0.05) is 30.3 Å². The second-order valence-electron chi connectivity index (χ2n) is 4.10. The van der Waals surface area contributed by atoms with Crippen LogP contribution in [0.1, 0.15) is 15.9 Å². The van der Waals surface area contributed by atoms with Gasteiger partial charge in [-0.05, 0) is 23.3 Å². The summed E-state index contributed by atoms with van der Waals surface area (Å²) in [5, 5.41) is 3.31. The zero-order chi connectivity index (χ0) is 11.8. The van der Waals surface area contributed by atoms with Crippen LogP contribution in [0.25, 0.3) is 11.1 Å². The number of hydrogen-bond donors (Lipinski definition) is 2. The molecule has 17 heavy (non-hydrogen) atoms. The van der Waals surface area contributed by atoms with E-state index in [9.17, 15) is 4.79 Å². The molecule has 2 aromatic carbocycles. The summed E-state index contributed by atoms with van der Waals surface area (Å²) in [5.41, 5.74) is 10.2. The van der Waals surface area contributed by atoms with E-state index in [0.717, 1.165) is 23.4 Å². The van der Waals surface area contributed by atoms with Crippen molar-refractivity contribution >= 4 is 11.6 Å². The topological polar surface area (TPSA) is 55.1 Å². The highest BCUT2D eigenvalue weighted by Crippen LogP contribution is 2.37. The predicted molar refractivity (Wildman–Crippen MR) is 67.7 cm³/mol. The van der Waals surface area contributed by atoms with E-state index in [1.165, 1.54) is 5.56 Å². The van der Waals surface area contributed by atoms with E-state index in [-0.39, 0.29) is 5.91 Å². The average Bonchev–Trinajstić information content (AvgIpc) is 2.37. The molecule has 0 atom stereocenters. The minimum absolute atomic E-state index is 0.389. The van der Waals surface area contributed by atoms with Gasteiger partial charge in [0.25, 0.3) is 0 Å². The van der Waals surface area contributed by atoms with Crippen molar-refractivity contribution in [2.75, 3.05) is 5.32 Å². The van der Waals surface area contributed by atoms with Crippen LogP contribution in [-0.4, -0.2) is 5.91 Å². The summed E-state index contributed by atoms with van der Waals surface area (Å²) in [7, 11) is 0. The van der Waals surface area contributed by atoms with E-state index in [2.05, 4.69) is 11.4 Å². The number of anilines is 1. The van der Waals surface area contributed by atoms with E-state index in [4.69, 9.17) is 5.73 Å². The van der Waals surface area contributed by atoms with Crippen LogP contribution in [0.2, 0.25) is 0 Å². The highest BCUT2D eigenvalue weighted by atomic mass is 16.1. The molecule has 0 radical (unpaired) electrons. The summed E-state index contributed by atoms with van der Waals surface area (Å²) in [5.74, 6) is -0.389. The number of carbonyl (C=O) groups excluding carboxylic acids is 1. The van der Waals surface area contributed by atoms with Gasteiger partial charge in [-0.15, -0.1) is 0 Å². The maximum Gasteiger partial charge on any atom is 0.249 e. The van der Waals surface area contributed by atoms with Gasteiger partial charge in [0.2, 0.25) is 5.91 Å². The first kappa shape index (κ1) is 9.90. The molecule has 3 heteroatoms. The minimum atomic E-state index is -0.389. The molecule has 0 aromatic heterocycles. The predicted octanol–water partition coefficient (Wildman–Crippen LogP) is 2.38. The summed E-state index contributed by atoms with van der Waals surface area (Å²) < 4.78 is 0. The Hall–Kier alpha value is -2.29. The van der Waals surface area contributed by atoms with Crippen molar-refractivity contribution in [2.45, 2.75) is 6.54 Å². The van der Waals surface area contributed by atoms with Crippen molar-refractivity contribution in [2.24, 2.45) is 5.73 Å². The van der Waals surface area contributed by atoms with Crippen molar-refractivity contribution in [1.29, 1.82) is 0 Å². The second kappa shape index (κ2) is 3.63. The molecule has 0 fully saturated rings. The first-order valence-corrected chi connectivity index (χ1v) is 5.52. The fourth-order valence-corrected chi connectivity index (χ4v) is 2.30. The van der Waals surface area contributed by atoms with E-state index in [0.29, 0.717) is 5.56 Å². The van der Waals surface area contributed by atoms with Crippen molar-refractivity contribution in [3.63, 3.8) is 0 Å². The zero-order valence-corrected chi connectivity index (χ0v) is 9.23. The molecule has 0 aliphatic carbocycles. The lowest BCUT2D eigenvalue weighted by atomic mass is 9.91. The van der Waals surface area contributed by atoms with Crippen molar-refractivity contribution < 1.29 is 4.79 Å². The summed E-state index contributed by atoms with van der Waals surface area (Å²) >= 11 is 0. The largest absolute Gasteiger partial charge is 0.380 e. The van der Waals surface area contributed by atoms with Gasteiger partial charge in [-0.2, -0.15) is 0 Å². The van der Waals surface area contributed by atoms with Crippen molar-refractivity contribution in [1.82, 2.24) is 0 Å². The van der Waals surface area contributed by atoms with Crippen LogP contribution < -0.4 is 11.1 Å². The van der Waals surface area contributed by atoms with Crippen LogP contribution >= 0.6 is 0 Å². The molecule has 0 unspecified atom stereocenters. The Bertz CT molecular complexity index is 605. The molecular weight excluding hydrogens is 212 g/mol. The Balaban J connectivity index is 2.33. The third kappa shape index (κ3) is 1.47. The Morgan fingerprint density at radius 1 is 1.12 bits per heavy atom. The smallest absolute Gasteiger partial charge is 0.249 e. The summed E-state index contributed by atoms with van der Waals surface area (Å²) in [6.45, 7) is 0.783. The molecule has 0 saturated carbocycles. The molecule has 0 saturated heterocycles. The Morgan fingerprint density at radius 2 is 1.94 bits per heavy atom. The van der Waals surface area contributed by atoms with Crippen LogP contribution in [0.5, 0.6) is 0 Å². The molecule has 0 bridgehead atoms. The first-order chi connectivity index (χ1) is 8.27. The molecular formula is C14H12N2O. The molecule has 3 rings (SSSR count). The lowest BCUT2D eigenvalue weighted by Gasteiger charge is -2.23. The highest BCUT2D eigenvalue weighted by molar-refractivity contribution is 6.04. The Kier molecular flexibility index (Phi) is 2.11. The van der Waals surface area contributed by atoms with E-state index in [1.807, 2.05) is 30.3 Å². The molecule has 1 aliphatic rings. The fourth-order valence-electron chi connectivity index (χ4n) is 2.30. The number of benzene rings is 2. The molecule has 3 nitrogen and oxygen atoms in total. The van der Waals surface area contributed by atoms with Gasteiger partial charge in [-0.25, -0.2) is 0 Å². The molecule has 1 aliphatic heterocycles. The number of nitrogens with one attached hydrogen (secondary N) is 1. The zero-order valence-electron chi connectivity index (χ0n) is 9.23. The van der Waals surface area contributed by atoms with Gasteiger partial charge in [-0.3, -0.25) is 4.79 Å². The van der Waals surface area contributed by atoms with E-state index >= 15 is 0 Å². The highest BCUT2D eigenvalue weighted by Gasteiger charge is 2.20. The number of rotatable bonds is 1. The maximum absolute atomic E-state index is 11.5. The van der Waals surface area contributed by atoms with Crippen molar-refractivity contribution in [3.05, 3.63) is 53.6 Å². The average molecular weight is 224 g/mol. The van der Waals surface area contributed by atoms with Crippen LogP contribution in [-0.2, 0) is 6.54 Å². The lowest BCUT2D eigenvalue weighted by Crippen LogP contribution is -2.16. The first-order valence-electron chi connectivity index (χ1n) is 5.52. The van der Waals surface area contributed by atoms with Crippen LogP contribution in [0.15, 0.2) is 42.5 Å². The van der Waals surface area contributed by atoms with Gasteiger partial charge in [0, 0.05) is 23.4 Å². The normalized spacial score (nSPS) is 12.2. The van der Waals surface area contributed by atoms with Crippen LogP contribution in [0, 0.1) is 0 Å². The third-order valence-electron chi connectivity index (χ3n) is 3.09. The number of hydrogen-bond acceptors (Lipinski definition) is 2. The van der Waals surface area contributed by atoms with E-state index in [1.54, 1.807) is 6.07 Å². The molecule has 0 spiro atoms. The van der Waals surface area contributed by atoms with Crippen LogP contribution in [0.4, 0.5) is 5.69 Å². The summed E-state index contributed by atoms with van der Waals surface area (Å²) in [6, 6.07) is 13.6. The number of carbonyl (C=O) groups is 1. The summed E-state index contributed by atoms with van der Waals surface area (Å²) in [4.78, 5) is 11.5. The number of primary amides is 1. The van der Waals surface area contributed by atoms with Gasteiger partial charge < -0.3 is 11.1 Å². The molecule has 2 aromatic rings. The van der Waals surface area contributed by atoms with E-state index < -0.39 is 0 Å². The van der Waals surface area contributed by atoms with Gasteiger partial charge in [0.15, 0.2) is 0 Å².